The molecule has 144 valence electrons. The van der Waals surface area contributed by atoms with Crippen molar-refractivity contribution in [3.8, 4) is 17.2 Å². The van der Waals surface area contributed by atoms with E-state index in [9.17, 15) is 0 Å². The summed E-state index contributed by atoms with van der Waals surface area (Å²) in [7, 11) is 4.73. The third kappa shape index (κ3) is 5.59. The van der Waals surface area contributed by atoms with Crippen LogP contribution >= 0.6 is 12.2 Å². The van der Waals surface area contributed by atoms with Crippen LogP contribution in [0.25, 0.3) is 0 Å². The zero-order valence-electron chi connectivity index (χ0n) is 16.2. The van der Waals surface area contributed by atoms with Crippen molar-refractivity contribution in [3.63, 3.8) is 0 Å². The Morgan fingerprint density at radius 1 is 0.963 bits per heavy atom. The number of hydrazone groups is 1. The molecule has 0 aromatic heterocycles. The molecule has 0 radical (unpaired) electrons. The van der Waals surface area contributed by atoms with Gasteiger partial charge < -0.3 is 19.5 Å². The molecule has 0 aliphatic carbocycles. The summed E-state index contributed by atoms with van der Waals surface area (Å²) in [6, 6.07) is 11.7. The summed E-state index contributed by atoms with van der Waals surface area (Å²) in [4.78, 5) is 0. The molecule has 0 spiro atoms. The quantitative estimate of drug-likeness (QED) is 0.423. The number of nitrogens with zero attached hydrogens (tertiary/aromatic N) is 1. The van der Waals surface area contributed by atoms with Crippen molar-refractivity contribution in [1.82, 2.24) is 5.43 Å². The lowest BCUT2D eigenvalue weighted by Crippen LogP contribution is -2.23. The fraction of sp³-hybridized carbons (Fsp3) is 0.300. The monoisotopic (exact) mass is 387 g/mol. The van der Waals surface area contributed by atoms with Gasteiger partial charge in [0.1, 0.15) is 5.75 Å². The number of methoxy groups -OCH3 is 3. The number of rotatable bonds is 7. The van der Waals surface area contributed by atoms with E-state index in [-0.39, 0.29) is 0 Å². The Bertz CT molecular complexity index is 805. The highest BCUT2D eigenvalue weighted by molar-refractivity contribution is 7.80. The lowest BCUT2D eigenvalue weighted by molar-refractivity contribution is 0.349. The molecule has 0 atom stereocenters. The van der Waals surface area contributed by atoms with E-state index in [1.54, 1.807) is 39.7 Å². The van der Waals surface area contributed by atoms with Crippen LogP contribution in [0, 0.1) is 0 Å². The number of hydrogen-bond donors (Lipinski definition) is 2. The first-order valence-corrected chi connectivity index (χ1v) is 8.89. The molecule has 0 aliphatic rings. The van der Waals surface area contributed by atoms with E-state index in [2.05, 4.69) is 41.8 Å². The van der Waals surface area contributed by atoms with Crippen LogP contribution in [0.2, 0.25) is 0 Å². The van der Waals surface area contributed by atoms with Crippen LogP contribution in [0.3, 0.4) is 0 Å². The van der Waals surface area contributed by atoms with Crippen molar-refractivity contribution >= 4 is 29.2 Å². The highest BCUT2D eigenvalue weighted by Crippen LogP contribution is 2.33. The maximum absolute atomic E-state index is 5.37. The number of ether oxygens (including phenoxy) is 3. The summed E-state index contributed by atoms with van der Waals surface area (Å²) in [5.74, 6) is 2.28. The van der Waals surface area contributed by atoms with E-state index in [0.717, 1.165) is 11.3 Å². The van der Waals surface area contributed by atoms with Gasteiger partial charge in [-0.05, 0) is 41.9 Å². The fourth-order valence-electron chi connectivity index (χ4n) is 2.42. The summed E-state index contributed by atoms with van der Waals surface area (Å²) >= 11 is 5.27. The van der Waals surface area contributed by atoms with Gasteiger partial charge in [0.25, 0.3) is 0 Å². The van der Waals surface area contributed by atoms with Gasteiger partial charge in [-0.2, -0.15) is 5.10 Å². The van der Waals surface area contributed by atoms with E-state index in [1.165, 1.54) is 5.56 Å². The molecule has 2 N–H and O–H groups in total. The Balaban J connectivity index is 2.02. The van der Waals surface area contributed by atoms with Gasteiger partial charge in [0.15, 0.2) is 16.6 Å². The largest absolute Gasteiger partial charge is 0.496 e. The van der Waals surface area contributed by atoms with Crippen molar-refractivity contribution in [2.45, 2.75) is 19.8 Å². The van der Waals surface area contributed by atoms with Gasteiger partial charge in [-0.1, -0.05) is 26.0 Å². The Morgan fingerprint density at radius 3 is 2.11 bits per heavy atom. The van der Waals surface area contributed by atoms with Crippen LogP contribution in [-0.4, -0.2) is 32.7 Å². The molecule has 0 amide bonds. The minimum absolute atomic E-state index is 0.392. The molecule has 27 heavy (non-hydrogen) atoms. The zero-order chi connectivity index (χ0) is 19.8. The van der Waals surface area contributed by atoms with Gasteiger partial charge in [0.05, 0.1) is 27.5 Å². The summed E-state index contributed by atoms with van der Waals surface area (Å²) in [6.45, 7) is 4.32. The minimum Gasteiger partial charge on any atom is -0.496 e. The van der Waals surface area contributed by atoms with E-state index in [1.807, 2.05) is 12.1 Å². The minimum atomic E-state index is 0.392. The highest BCUT2D eigenvalue weighted by Gasteiger charge is 2.10. The summed E-state index contributed by atoms with van der Waals surface area (Å²) in [5, 5.41) is 7.65. The van der Waals surface area contributed by atoms with Crippen LogP contribution in [-0.2, 0) is 0 Å². The molecule has 2 aromatic rings. The highest BCUT2D eigenvalue weighted by atomic mass is 32.1. The number of thiocarbonyl (C=S) groups is 1. The standard InChI is InChI=1S/C20H25N3O3S/c1-13(2)14-6-8-16(9-7-14)22-20(27)23-21-12-15-10-18(25-4)19(26-5)11-17(15)24-3/h6-13H,1-5H3,(H2,22,23,27)/b21-12+. The average Bonchev–Trinajstić information content (AvgIpc) is 2.67. The topological polar surface area (TPSA) is 64.1 Å². The average molecular weight is 388 g/mol. The fourth-order valence-corrected chi connectivity index (χ4v) is 2.60. The van der Waals surface area contributed by atoms with Crippen LogP contribution in [0.1, 0.15) is 30.9 Å². The van der Waals surface area contributed by atoms with Crippen LogP contribution in [0.4, 0.5) is 5.69 Å². The lowest BCUT2D eigenvalue weighted by Gasteiger charge is -2.12. The van der Waals surface area contributed by atoms with Crippen LogP contribution < -0.4 is 25.0 Å². The predicted octanol–water partition coefficient (Wildman–Crippen LogP) is 4.16. The molecule has 2 rings (SSSR count). The molecule has 0 aliphatic heterocycles. The lowest BCUT2D eigenvalue weighted by atomic mass is 10.0. The van der Waals surface area contributed by atoms with Gasteiger partial charge >= 0.3 is 0 Å². The second kappa shape index (κ2) is 9.78. The molecule has 6 nitrogen and oxygen atoms in total. The van der Waals surface area contributed by atoms with Crippen LogP contribution in [0.15, 0.2) is 41.5 Å². The maximum Gasteiger partial charge on any atom is 0.191 e. The molecule has 0 heterocycles. The summed E-state index contributed by atoms with van der Waals surface area (Å²) in [5.41, 5.74) is 5.70. The molecule has 0 bridgehead atoms. The molecular weight excluding hydrogens is 362 g/mol. The predicted molar refractivity (Wildman–Crippen MR) is 114 cm³/mol. The molecule has 0 unspecified atom stereocenters. The third-order valence-electron chi connectivity index (χ3n) is 3.94. The Hall–Kier alpha value is -2.80. The second-order valence-electron chi connectivity index (χ2n) is 6.05. The summed E-state index contributed by atoms with van der Waals surface area (Å²) in [6.07, 6.45) is 1.61. The van der Waals surface area contributed by atoms with E-state index >= 15 is 0 Å². The van der Waals surface area contributed by atoms with Gasteiger partial charge in [-0.25, -0.2) is 0 Å². The second-order valence-corrected chi connectivity index (χ2v) is 6.46. The van der Waals surface area contributed by atoms with Crippen LogP contribution in [0.5, 0.6) is 17.2 Å². The van der Waals surface area contributed by atoms with Gasteiger partial charge in [-0.15, -0.1) is 0 Å². The number of nitrogens with one attached hydrogen (secondary N) is 2. The molecule has 0 fully saturated rings. The van der Waals surface area contributed by atoms with Gasteiger partial charge in [0.2, 0.25) is 0 Å². The Kier molecular flexibility index (Phi) is 7.43. The maximum atomic E-state index is 5.37. The molecule has 0 saturated carbocycles. The van der Waals surface area contributed by atoms with E-state index < -0.39 is 0 Å². The van der Waals surface area contributed by atoms with E-state index in [4.69, 9.17) is 26.4 Å². The molecule has 0 saturated heterocycles. The molecular formula is C20H25N3O3S. The molecule has 2 aromatic carbocycles. The van der Waals surface area contributed by atoms with Gasteiger partial charge in [-0.3, -0.25) is 5.43 Å². The number of benzene rings is 2. The van der Waals surface area contributed by atoms with Crippen molar-refractivity contribution in [1.29, 1.82) is 0 Å². The SMILES string of the molecule is COc1cc(OC)c(OC)cc1/C=N/NC(=S)Nc1ccc(C(C)C)cc1. The smallest absolute Gasteiger partial charge is 0.191 e. The first kappa shape index (κ1) is 20.5. The number of anilines is 1. The Labute approximate surface area is 165 Å². The van der Waals surface area contributed by atoms with E-state index in [0.29, 0.717) is 28.3 Å². The zero-order valence-corrected chi connectivity index (χ0v) is 17.0. The van der Waals surface area contributed by atoms with Crippen molar-refractivity contribution < 1.29 is 14.2 Å². The first-order valence-electron chi connectivity index (χ1n) is 8.48. The van der Waals surface area contributed by atoms with Gasteiger partial charge in [0, 0.05) is 17.3 Å². The Morgan fingerprint density at radius 2 is 1.56 bits per heavy atom. The summed E-state index contributed by atoms with van der Waals surface area (Å²) < 4.78 is 15.9. The third-order valence-corrected chi connectivity index (χ3v) is 4.13. The van der Waals surface area contributed by atoms with Crippen molar-refractivity contribution in [2.75, 3.05) is 26.6 Å². The first-order chi connectivity index (χ1) is 13.0. The molecule has 7 heteroatoms. The van der Waals surface area contributed by atoms with Crippen molar-refractivity contribution in [3.05, 3.63) is 47.5 Å². The number of hydrogen-bond acceptors (Lipinski definition) is 5. The normalized spacial score (nSPS) is 10.7. The van der Waals surface area contributed by atoms with Crippen molar-refractivity contribution in [2.24, 2.45) is 5.10 Å².